The molecule has 3 N–H and O–H groups in total. The summed E-state index contributed by atoms with van der Waals surface area (Å²) in [4.78, 5) is 37.7. The van der Waals surface area contributed by atoms with E-state index in [0.29, 0.717) is 63.0 Å². The average Bonchev–Trinajstić information content (AvgIpc) is 3.45. The van der Waals surface area contributed by atoms with Gasteiger partial charge in [-0.15, -0.1) is 0 Å². The second-order valence-corrected chi connectivity index (χ2v) is 17.6. The topological polar surface area (TPSA) is 135 Å². The molecule has 10 nitrogen and oxygen atoms in total. The zero-order chi connectivity index (χ0) is 37.7. The van der Waals surface area contributed by atoms with Crippen LogP contribution in [0.4, 0.5) is 0 Å². The van der Waals surface area contributed by atoms with E-state index < -0.39 is 23.8 Å². The molecule has 0 radical (unpaired) electrons. The molecule has 52 heavy (non-hydrogen) atoms. The third-order valence-electron chi connectivity index (χ3n) is 14.0. The number of nitrogens with one attached hydrogen (secondary N) is 1. The van der Waals surface area contributed by atoms with Crippen molar-refractivity contribution in [3.05, 3.63) is 0 Å². The van der Waals surface area contributed by atoms with Crippen molar-refractivity contribution in [3.63, 3.8) is 0 Å². The maximum absolute atomic E-state index is 13.1. The number of hydrogen-bond donors (Lipinski definition) is 2. The summed E-state index contributed by atoms with van der Waals surface area (Å²) < 4.78 is 27.5. The van der Waals surface area contributed by atoms with Gasteiger partial charge in [-0.3, -0.25) is 14.4 Å². The zero-order valence-corrected chi connectivity index (χ0v) is 33.6. The summed E-state index contributed by atoms with van der Waals surface area (Å²) in [6, 6.07) is -1.11. The van der Waals surface area contributed by atoms with Gasteiger partial charge in [-0.1, -0.05) is 53.9 Å². The molecule has 4 rings (SSSR count). The van der Waals surface area contributed by atoms with E-state index >= 15 is 0 Å². The quantitative estimate of drug-likeness (QED) is 0.0860. The summed E-state index contributed by atoms with van der Waals surface area (Å²) in [7, 11) is 0. The first-order chi connectivity index (χ1) is 24.9. The number of hydrogen-bond acceptors (Lipinski definition) is 8. The fourth-order valence-corrected chi connectivity index (χ4v) is 11.2. The Bertz CT molecular complexity index is 1120. The molecule has 4 saturated carbocycles. The van der Waals surface area contributed by atoms with Gasteiger partial charge in [0.1, 0.15) is 12.1 Å². The van der Waals surface area contributed by atoms with Crippen molar-refractivity contribution < 1.29 is 38.1 Å². The van der Waals surface area contributed by atoms with Crippen LogP contribution in [0.15, 0.2) is 0 Å². The molecule has 2 amide bonds. The number of rotatable bonds is 23. The van der Waals surface area contributed by atoms with Gasteiger partial charge in [0.15, 0.2) is 0 Å². The van der Waals surface area contributed by atoms with Crippen molar-refractivity contribution in [2.24, 2.45) is 58.0 Å². The van der Waals surface area contributed by atoms with E-state index in [0.717, 1.165) is 54.8 Å². The smallest absolute Gasteiger partial charge is 0.308 e. The van der Waals surface area contributed by atoms with Crippen LogP contribution >= 0.6 is 0 Å². The lowest BCUT2D eigenvalue weighted by Gasteiger charge is -2.61. The van der Waals surface area contributed by atoms with Crippen LogP contribution in [0.1, 0.15) is 131 Å². The highest BCUT2D eigenvalue weighted by molar-refractivity contribution is 5.90. The van der Waals surface area contributed by atoms with Crippen molar-refractivity contribution in [2.45, 2.75) is 144 Å². The number of amides is 2. The summed E-state index contributed by atoms with van der Waals surface area (Å²) in [6.45, 7) is 18.0. The molecule has 4 fully saturated rings. The predicted octanol–water partition coefficient (Wildman–Crippen LogP) is 6.86. The largest absolute Gasteiger partial charge is 0.462 e. The van der Waals surface area contributed by atoms with Crippen molar-refractivity contribution in [1.29, 1.82) is 0 Å². The van der Waals surface area contributed by atoms with Crippen molar-refractivity contribution in [1.82, 2.24) is 5.32 Å². The Kier molecular flexibility index (Phi) is 17.2. The van der Waals surface area contributed by atoms with E-state index in [4.69, 9.17) is 29.4 Å². The van der Waals surface area contributed by atoms with Crippen LogP contribution in [0.2, 0.25) is 0 Å². The summed E-state index contributed by atoms with van der Waals surface area (Å²) in [5.74, 6) is 3.85. The highest BCUT2D eigenvalue weighted by Crippen LogP contribution is 2.68. The summed E-state index contributed by atoms with van der Waals surface area (Å²) in [5.41, 5.74) is 6.36. The van der Waals surface area contributed by atoms with Gasteiger partial charge in [0, 0.05) is 13.0 Å². The lowest BCUT2D eigenvalue weighted by atomic mass is 9.44. The van der Waals surface area contributed by atoms with Crippen LogP contribution in [0, 0.1) is 52.3 Å². The molecule has 0 spiro atoms. The molecule has 0 bridgehead atoms. The Labute approximate surface area is 315 Å². The van der Waals surface area contributed by atoms with Gasteiger partial charge in [0.25, 0.3) is 0 Å². The Morgan fingerprint density at radius 3 is 2.06 bits per heavy atom. The number of carbonyl (C=O) groups is 3. The first-order valence-electron chi connectivity index (χ1n) is 21.0. The molecule has 4 aliphatic carbocycles. The first-order valence-corrected chi connectivity index (χ1v) is 21.0. The summed E-state index contributed by atoms with van der Waals surface area (Å²) in [6.07, 6.45) is 14.6. The van der Waals surface area contributed by atoms with Gasteiger partial charge in [0.2, 0.25) is 11.8 Å². The van der Waals surface area contributed by atoms with E-state index in [1.807, 2.05) is 6.92 Å². The lowest BCUT2D eigenvalue weighted by molar-refractivity contribution is -0.163. The molecule has 4 aliphatic rings. The molecular formula is C42H74N2O8. The van der Waals surface area contributed by atoms with E-state index in [2.05, 4.69) is 39.9 Å². The monoisotopic (exact) mass is 735 g/mol. The summed E-state index contributed by atoms with van der Waals surface area (Å²) in [5, 5.41) is 2.60. The molecule has 0 aliphatic heterocycles. The van der Waals surface area contributed by atoms with Gasteiger partial charge in [-0.05, 0) is 117 Å². The number of carbonyl (C=O) groups excluding carboxylic acids is 3. The van der Waals surface area contributed by atoms with Crippen LogP contribution in [0.25, 0.3) is 0 Å². The minimum absolute atomic E-state index is 0.0441. The van der Waals surface area contributed by atoms with Gasteiger partial charge in [-0.2, -0.15) is 0 Å². The van der Waals surface area contributed by atoms with Crippen LogP contribution < -0.4 is 11.1 Å². The number of ether oxygens (including phenoxy) is 5. The molecule has 0 aromatic heterocycles. The minimum Gasteiger partial charge on any atom is -0.462 e. The standard InChI is InChI=1S/C42H74N2O8/c1-7-48-21-22-50-25-26-51-24-23-49-20-17-38(45)44-37(40(43)47)28-39(46)52-32-15-18-41(5)31(27-32)11-12-33-35-14-13-34(30(4)10-8-9-29(2)3)42(35,6)19-16-36(33)41/h29-37H,7-28H2,1-6H3,(H2,43,47)(H,44,45)/t30-,31-,32+,33+,34-,35+,36+,37+,41+,42-/m1/s1. The minimum atomic E-state index is -1.11. The fourth-order valence-electron chi connectivity index (χ4n) is 11.2. The number of esters is 1. The maximum Gasteiger partial charge on any atom is 0.308 e. The highest BCUT2D eigenvalue weighted by Gasteiger charge is 2.60. The third-order valence-corrected chi connectivity index (χ3v) is 14.0. The van der Waals surface area contributed by atoms with Crippen molar-refractivity contribution >= 4 is 17.8 Å². The molecule has 0 unspecified atom stereocenters. The zero-order valence-electron chi connectivity index (χ0n) is 33.6. The number of fused-ring (bicyclic) bond motifs is 5. The highest BCUT2D eigenvalue weighted by atomic mass is 16.6. The molecule has 0 heterocycles. The Balaban J connectivity index is 1.16. The number of nitrogens with two attached hydrogens (primary N) is 1. The molecule has 10 atom stereocenters. The fraction of sp³-hybridized carbons (Fsp3) is 0.929. The van der Waals surface area contributed by atoms with E-state index in [1.165, 1.54) is 57.8 Å². The molecule has 0 saturated heterocycles. The Morgan fingerprint density at radius 1 is 0.769 bits per heavy atom. The molecule has 10 heteroatoms. The van der Waals surface area contributed by atoms with Gasteiger partial charge < -0.3 is 34.7 Å². The predicted molar refractivity (Wildman–Crippen MR) is 202 cm³/mol. The second kappa shape index (κ2) is 20.8. The van der Waals surface area contributed by atoms with Crippen LogP contribution in [0.3, 0.4) is 0 Å². The summed E-state index contributed by atoms with van der Waals surface area (Å²) >= 11 is 0. The molecule has 0 aromatic rings. The normalized spacial score (nSPS) is 32.4. The molecule has 0 aromatic carbocycles. The maximum atomic E-state index is 13.1. The van der Waals surface area contributed by atoms with Crippen molar-refractivity contribution in [2.75, 3.05) is 52.9 Å². The van der Waals surface area contributed by atoms with Crippen molar-refractivity contribution in [3.8, 4) is 0 Å². The van der Waals surface area contributed by atoms with Crippen LogP contribution in [0.5, 0.6) is 0 Å². The van der Waals surface area contributed by atoms with Gasteiger partial charge in [0.05, 0.1) is 52.7 Å². The third kappa shape index (κ3) is 11.6. The van der Waals surface area contributed by atoms with E-state index in [-0.39, 0.29) is 25.6 Å². The van der Waals surface area contributed by atoms with E-state index in [9.17, 15) is 14.4 Å². The Morgan fingerprint density at radius 2 is 1.40 bits per heavy atom. The van der Waals surface area contributed by atoms with E-state index in [1.54, 1.807) is 0 Å². The van der Waals surface area contributed by atoms with Crippen LogP contribution in [-0.4, -0.2) is 82.8 Å². The average molecular weight is 735 g/mol. The SMILES string of the molecule is CCOCCOCCOCCOCCC(=O)N[C@@H](CC(=O)O[C@H]1CC[C@@]2(C)[C@H](CC[C@@H]3[C@@H]2CC[C@]2(C)[C@@H]([C@H](C)CCCC(C)C)CC[C@@H]32)C1)C(N)=O. The second-order valence-electron chi connectivity index (χ2n) is 17.6. The first kappa shape index (κ1) is 43.0. The molecular weight excluding hydrogens is 660 g/mol. The van der Waals surface area contributed by atoms with Gasteiger partial charge >= 0.3 is 5.97 Å². The number of primary amides is 1. The van der Waals surface area contributed by atoms with Crippen LogP contribution in [-0.2, 0) is 38.1 Å². The lowest BCUT2D eigenvalue weighted by Crippen LogP contribution is -2.54. The molecule has 300 valence electrons. The Hall–Kier alpha value is -1.75. The van der Waals surface area contributed by atoms with Gasteiger partial charge in [-0.25, -0.2) is 0 Å².